The zero-order chi connectivity index (χ0) is 15.5. The Bertz CT molecular complexity index is 878. The summed E-state index contributed by atoms with van der Waals surface area (Å²) in [4.78, 5) is 4.40. The molecule has 4 rings (SSSR count). The number of fused-ring (bicyclic) bond motifs is 1. The smallest absolute Gasteiger partial charge is 0.295 e. The maximum absolute atomic E-state index is 5.64. The first-order valence-electron chi connectivity index (χ1n) is 7.57. The lowest BCUT2D eigenvalue weighted by Gasteiger charge is -2.00. The third-order valence-electron chi connectivity index (χ3n) is 3.64. The van der Waals surface area contributed by atoms with E-state index in [-0.39, 0.29) is 0 Å². The molecule has 0 bridgehead atoms. The van der Waals surface area contributed by atoms with Gasteiger partial charge in [0.15, 0.2) is 5.58 Å². The standard InChI is InChI=1S/C18H16N4O/c1-2-6-15(7-3-1)22-13-14(12-20-22)10-11-19-18-21-16-8-4-5-9-17(16)23-18/h1-9,12-13H,10-11H2,(H,19,21). The summed E-state index contributed by atoms with van der Waals surface area (Å²) in [5.41, 5.74) is 3.89. The summed E-state index contributed by atoms with van der Waals surface area (Å²) in [5, 5.41) is 7.61. The molecule has 4 aromatic rings. The number of oxazole rings is 1. The van der Waals surface area contributed by atoms with Crippen LogP contribution in [0.25, 0.3) is 16.8 Å². The second-order valence-electron chi connectivity index (χ2n) is 5.29. The fraction of sp³-hybridized carbons (Fsp3) is 0.111. The SMILES string of the molecule is c1ccc(-n2cc(CCNc3nc4ccccc4o3)cn2)cc1. The van der Waals surface area contributed by atoms with Crippen LogP contribution in [-0.2, 0) is 6.42 Å². The van der Waals surface area contributed by atoms with Crippen molar-refractivity contribution < 1.29 is 4.42 Å². The van der Waals surface area contributed by atoms with Gasteiger partial charge in [-0.15, -0.1) is 0 Å². The summed E-state index contributed by atoms with van der Waals surface area (Å²) in [5.74, 6) is 0. The Hall–Kier alpha value is -3.08. The molecule has 23 heavy (non-hydrogen) atoms. The lowest BCUT2D eigenvalue weighted by molar-refractivity contribution is 0.614. The number of hydrogen-bond donors (Lipinski definition) is 1. The minimum absolute atomic E-state index is 0.557. The van der Waals surface area contributed by atoms with Gasteiger partial charge in [-0.3, -0.25) is 0 Å². The number of nitrogens with zero attached hydrogens (tertiary/aromatic N) is 3. The zero-order valence-corrected chi connectivity index (χ0v) is 12.5. The monoisotopic (exact) mass is 304 g/mol. The van der Waals surface area contributed by atoms with E-state index >= 15 is 0 Å². The molecular weight excluding hydrogens is 288 g/mol. The van der Waals surface area contributed by atoms with Crippen molar-refractivity contribution >= 4 is 17.1 Å². The Morgan fingerprint density at radius 1 is 1.00 bits per heavy atom. The predicted octanol–water partition coefficient (Wildman–Crippen LogP) is 3.67. The summed E-state index contributed by atoms with van der Waals surface area (Å²) in [7, 11) is 0. The van der Waals surface area contributed by atoms with Crippen LogP contribution in [0.3, 0.4) is 0 Å². The maximum atomic E-state index is 5.64. The molecular formula is C18H16N4O. The van der Waals surface area contributed by atoms with Gasteiger partial charge in [-0.05, 0) is 36.2 Å². The second-order valence-corrected chi connectivity index (χ2v) is 5.29. The molecule has 0 spiro atoms. The van der Waals surface area contributed by atoms with Crippen molar-refractivity contribution in [1.29, 1.82) is 0 Å². The number of hydrogen-bond acceptors (Lipinski definition) is 4. The van der Waals surface area contributed by atoms with Crippen LogP contribution in [0.15, 0.2) is 71.4 Å². The molecule has 0 aliphatic carbocycles. The molecule has 0 aliphatic heterocycles. The van der Waals surface area contributed by atoms with Crippen LogP contribution in [-0.4, -0.2) is 21.3 Å². The van der Waals surface area contributed by atoms with E-state index in [1.807, 2.05) is 71.7 Å². The molecule has 114 valence electrons. The van der Waals surface area contributed by atoms with Crippen LogP contribution in [0.2, 0.25) is 0 Å². The van der Waals surface area contributed by atoms with Gasteiger partial charge in [-0.25, -0.2) is 4.68 Å². The van der Waals surface area contributed by atoms with Crippen molar-refractivity contribution in [3.63, 3.8) is 0 Å². The summed E-state index contributed by atoms with van der Waals surface area (Å²) in [6.45, 7) is 0.743. The number of para-hydroxylation sites is 3. The largest absolute Gasteiger partial charge is 0.424 e. The Morgan fingerprint density at radius 2 is 1.83 bits per heavy atom. The van der Waals surface area contributed by atoms with Gasteiger partial charge < -0.3 is 9.73 Å². The van der Waals surface area contributed by atoms with E-state index in [2.05, 4.69) is 15.4 Å². The van der Waals surface area contributed by atoms with E-state index in [9.17, 15) is 0 Å². The Balaban J connectivity index is 1.39. The van der Waals surface area contributed by atoms with Gasteiger partial charge in [-0.1, -0.05) is 30.3 Å². The molecule has 0 aliphatic rings. The maximum Gasteiger partial charge on any atom is 0.295 e. The average Bonchev–Trinajstić information content (AvgIpc) is 3.22. The van der Waals surface area contributed by atoms with E-state index in [0.717, 1.165) is 35.3 Å². The molecule has 1 N–H and O–H groups in total. The van der Waals surface area contributed by atoms with Gasteiger partial charge in [-0.2, -0.15) is 10.1 Å². The fourth-order valence-corrected chi connectivity index (χ4v) is 2.47. The number of aromatic nitrogens is 3. The highest BCUT2D eigenvalue weighted by molar-refractivity contribution is 5.74. The molecule has 0 saturated heterocycles. The first-order valence-corrected chi connectivity index (χ1v) is 7.57. The number of nitrogens with one attached hydrogen (secondary N) is 1. The predicted molar refractivity (Wildman–Crippen MR) is 89.8 cm³/mol. The van der Waals surface area contributed by atoms with Crippen LogP contribution in [0.5, 0.6) is 0 Å². The van der Waals surface area contributed by atoms with Crippen LogP contribution in [0.4, 0.5) is 6.01 Å². The molecule has 2 heterocycles. The molecule has 0 fully saturated rings. The molecule has 0 saturated carbocycles. The van der Waals surface area contributed by atoms with E-state index < -0.39 is 0 Å². The van der Waals surface area contributed by atoms with Crippen LogP contribution >= 0.6 is 0 Å². The highest BCUT2D eigenvalue weighted by atomic mass is 16.4. The topological polar surface area (TPSA) is 55.9 Å². The molecule has 2 aromatic heterocycles. The third kappa shape index (κ3) is 2.94. The first-order chi connectivity index (χ1) is 11.4. The molecule has 0 unspecified atom stereocenters. The zero-order valence-electron chi connectivity index (χ0n) is 12.5. The van der Waals surface area contributed by atoms with E-state index in [1.165, 1.54) is 0 Å². The van der Waals surface area contributed by atoms with Gasteiger partial charge in [0, 0.05) is 12.7 Å². The van der Waals surface area contributed by atoms with Crippen molar-refractivity contribution in [3.8, 4) is 5.69 Å². The first kappa shape index (κ1) is 13.6. The number of rotatable bonds is 5. The normalized spacial score (nSPS) is 11.0. The Labute approximate surface area is 133 Å². The molecule has 0 amide bonds. The van der Waals surface area contributed by atoms with Crippen molar-refractivity contribution in [2.24, 2.45) is 0 Å². The molecule has 5 heteroatoms. The van der Waals surface area contributed by atoms with Crippen molar-refractivity contribution in [1.82, 2.24) is 14.8 Å². The van der Waals surface area contributed by atoms with Crippen LogP contribution in [0.1, 0.15) is 5.56 Å². The second kappa shape index (κ2) is 5.96. The van der Waals surface area contributed by atoms with Gasteiger partial charge in [0.05, 0.1) is 11.9 Å². The average molecular weight is 304 g/mol. The van der Waals surface area contributed by atoms with Crippen molar-refractivity contribution in [3.05, 3.63) is 72.6 Å². The lowest BCUT2D eigenvalue weighted by Crippen LogP contribution is -2.04. The van der Waals surface area contributed by atoms with Crippen molar-refractivity contribution in [2.75, 3.05) is 11.9 Å². The number of anilines is 1. The van der Waals surface area contributed by atoms with Crippen LogP contribution in [0, 0.1) is 0 Å². The van der Waals surface area contributed by atoms with Gasteiger partial charge in [0.25, 0.3) is 6.01 Å². The minimum atomic E-state index is 0.557. The summed E-state index contributed by atoms with van der Waals surface area (Å²) < 4.78 is 7.52. The summed E-state index contributed by atoms with van der Waals surface area (Å²) in [6.07, 6.45) is 4.79. The molecule has 0 atom stereocenters. The summed E-state index contributed by atoms with van der Waals surface area (Å²) >= 11 is 0. The highest BCUT2D eigenvalue weighted by Crippen LogP contribution is 2.18. The van der Waals surface area contributed by atoms with Crippen LogP contribution < -0.4 is 5.32 Å². The fourth-order valence-electron chi connectivity index (χ4n) is 2.47. The lowest BCUT2D eigenvalue weighted by atomic mass is 10.2. The van der Waals surface area contributed by atoms with E-state index in [1.54, 1.807) is 0 Å². The molecule has 5 nitrogen and oxygen atoms in total. The Kier molecular flexibility index (Phi) is 3.52. The quantitative estimate of drug-likeness (QED) is 0.611. The van der Waals surface area contributed by atoms with E-state index in [4.69, 9.17) is 4.42 Å². The van der Waals surface area contributed by atoms with Gasteiger partial charge in [0.2, 0.25) is 0 Å². The Morgan fingerprint density at radius 3 is 2.70 bits per heavy atom. The van der Waals surface area contributed by atoms with Crippen molar-refractivity contribution in [2.45, 2.75) is 6.42 Å². The minimum Gasteiger partial charge on any atom is -0.424 e. The van der Waals surface area contributed by atoms with Gasteiger partial charge in [0.1, 0.15) is 5.52 Å². The number of benzene rings is 2. The highest BCUT2D eigenvalue weighted by Gasteiger charge is 2.05. The third-order valence-corrected chi connectivity index (χ3v) is 3.64. The van der Waals surface area contributed by atoms with E-state index in [0.29, 0.717) is 6.01 Å². The van der Waals surface area contributed by atoms with Gasteiger partial charge >= 0.3 is 0 Å². The summed E-state index contributed by atoms with van der Waals surface area (Å²) in [6, 6.07) is 18.4. The molecule has 0 radical (unpaired) electrons. The molecule has 2 aromatic carbocycles.